The first-order valence-electron chi connectivity index (χ1n) is 6.67. The molecule has 2 aromatic heterocycles. The van der Waals surface area contributed by atoms with E-state index in [9.17, 15) is 4.79 Å². The Morgan fingerprint density at radius 3 is 2.71 bits per heavy atom. The predicted octanol–water partition coefficient (Wildman–Crippen LogP) is 3.16. The monoisotopic (exact) mass is 276 g/mol. The maximum absolute atomic E-state index is 12.5. The lowest BCUT2D eigenvalue weighted by Crippen LogP contribution is -1.97. The molecule has 0 saturated carbocycles. The second kappa shape index (κ2) is 4.12. The topological polar surface area (TPSA) is 52.1 Å². The summed E-state index contributed by atoms with van der Waals surface area (Å²) in [7, 11) is 1.63. The lowest BCUT2D eigenvalue weighted by atomic mass is 9.99. The number of hydrogen-bond acceptors (Lipinski definition) is 4. The van der Waals surface area contributed by atoms with E-state index >= 15 is 0 Å². The van der Waals surface area contributed by atoms with Crippen LogP contribution in [-0.2, 0) is 0 Å². The molecular formula is C17H12N2O2. The minimum absolute atomic E-state index is 0.000333. The summed E-state index contributed by atoms with van der Waals surface area (Å²) in [5, 5.41) is 0.884. The van der Waals surface area contributed by atoms with Crippen LogP contribution >= 0.6 is 0 Å². The summed E-state index contributed by atoms with van der Waals surface area (Å²) < 4.78 is 5.49. The highest BCUT2D eigenvalue weighted by molar-refractivity contribution is 6.26. The fourth-order valence-corrected chi connectivity index (χ4v) is 2.97. The molecule has 1 aliphatic rings. The third-order valence-electron chi connectivity index (χ3n) is 3.98. The molecule has 21 heavy (non-hydrogen) atoms. The maximum atomic E-state index is 12.5. The summed E-state index contributed by atoms with van der Waals surface area (Å²) in [4.78, 5) is 21.1. The lowest BCUT2D eigenvalue weighted by molar-refractivity contribution is 0.104. The number of hydrogen-bond donors (Lipinski definition) is 0. The van der Waals surface area contributed by atoms with Crippen molar-refractivity contribution in [2.24, 2.45) is 0 Å². The van der Waals surface area contributed by atoms with Crippen LogP contribution in [-0.4, -0.2) is 22.9 Å². The van der Waals surface area contributed by atoms with Crippen LogP contribution in [0.25, 0.3) is 22.0 Å². The van der Waals surface area contributed by atoms with Crippen LogP contribution in [0.4, 0.5) is 0 Å². The van der Waals surface area contributed by atoms with Gasteiger partial charge in [-0.05, 0) is 24.6 Å². The molecule has 0 saturated heterocycles. The highest BCUT2D eigenvalue weighted by Gasteiger charge is 2.30. The Morgan fingerprint density at radius 1 is 1.05 bits per heavy atom. The summed E-state index contributed by atoms with van der Waals surface area (Å²) in [5.41, 5.74) is 4.95. The molecule has 0 N–H and O–H groups in total. The van der Waals surface area contributed by atoms with E-state index in [1.165, 1.54) is 0 Å². The first-order valence-corrected chi connectivity index (χ1v) is 6.67. The third-order valence-corrected chi connectivity index (χ3v) is 3.98. The van der Waals surface area contributed by atoms with Crippen LogP contribution < -0.4 is 4.74 Å². The van der Waals surface area contributed by atoms with Crippen LogP contribution in [0.3, 0.4) is 0 Å². The standard InChI is InChI=1S/C17H12N2O2/c1-9-3-4-13(21-2)15-14-11-7-18-6-5-10(11)17(20)12(14)8-19-16(9)15/h3-8H,1-2H3. The number of aryl methyl sites for hydroxylation is 1. The van der Waals surface area contributed by atoms with E-state index < -0.39 is 0 Å². The highest BCUT2D eigenvalue weighted by Crippen LogP contribution is 2.43. The number of ether oxygens (including phenoxy) is 1. The summed E-state index contributed by atoms with van der Waals surface area (Å²) in [5.74, 6) is 0.727. The Balaban J connectivity index is 2.24. The van der Waals surface area contributed by atoms with E-state index in [1.54, 1.807) is 31.8 Å². The number of fused-ring (bicyclic) bond motifs is 5. The van der Waals surface area contributed by atoms with Crippen molar-refractivity contribution in [1.82, 2.24) is 9.97 Å². The first-order chi connectivity index (χ1) is 10.2. The van der Waals surface area contributed by atoms with Crippen molar-refractivity contribution in [2.45, 2.75) is 6.92 Å². The quantitative estimate of drug-likeness (QED) is 0.536. The molecule has 0 atom stereocenters. The van der Waals surface area contributed by atoms with Crippen molar-refractivity contribution in [1.29, 1.82) is 0 Å². The minimum atomic E-state index is 0.000333. The van der Waals surface area contributed by atoms with Gasteiger partial charge < -0.3 is 4.74 Å². The number of pyridine rings is 2. The molecule has 0 amide bonds. The van der Waals surface area contributed by atoms with Crippen molar-refractivity contribution < 1.29 is 9.53 Å². The number of nitrogens with zero attached hydrogens (tertiary/aromatic N) is 2. The van der Waals surface area contributed by atoms with Crippen molar-refractivity contribution in [2.75, 3.05) is 7.11 Å². The molecule has 0 fully saturated rings. The molecule has 4 heteroatoms. The lowest BCUT2D eigenvalue weighted by Gasteiger charge is -2.11. The van der Waals surface area contributed by atoms with Crippen molar-refractivity contribution in [3.8, 4) is 16.9 Å². The number of carbonyl (C=O) groups excluding carboxylic acids is 1. The third kappa shape index (κ3) is 1.47. The Morgan fingerprint density at radius 2 is 1.90 bits per heavy atom. The van der Waals surface area contributed by atoms with Gasteiger partial charge in [0.05, 0.1) is 18.0 Å². The zero-order valence-electron chi connectivity index (χ0n) is 11.7. The van der Waals surface area contributed by atoms with E-state index in [2.05, 4.69) is 9.97 Å². The predicted molar refractivity (Wildman–Crippen MR) is 79.7 cm³/mol. The molecule has 1 aliphatic carbocycles. The summed E-state index contributed by atoms with van der Waals surface area (Å²) in [6, 6.07) is 5.64. The Kier molecular flexibility index (Phi) is 2.36. The average molecular weight is 276 g/mol. The fourth-order valence-electron chi connectivity index (χ4n) is 2.97. The SMILES string of the molecule is COc1ccc(C)c2ncc3c(c12)-c1cnccc1C3=O. The molecule has 1 aromatic carbocycles. The van der Waals surface area contributed by atoms with Gasteiger partial charge in [-0.15, -0.1) is 0 Å². The van der Waals surface area contributed by atoms with Crippen LogP contribution in [0, 0.1) is 6.92 Å². The van der Waals surface area contributed by atoms with Crippen molar-refractivity contribution in [3.63, 3.8) is 0 Å². The number of benzene rings is 1. The van der Waals surface area contributed by atoms with Gasteiger partial charge in [-0.25, -0.2) is 0 Å². The molecule has 0 radical (unpaired) electrons. The minimum Gasteiger partial charge on any atom is -0.496 e. The Labute approximate surface area is 121 Å². The second-order valence-electron chi connectivity index (χ2n) is 5.11. The first kappa shape index (κ1) is 12.0. The number of aromatic nitrogens is 2. The van der Waals surface area contributed by atoms with Crippen LogP contribution in [0.5, 0.6) is 5.75 Å². The van der Waals surface area contributed by atoms with Gasteiger partial charge in [0.2, 0.25) is 0 Å². The zero-order chi connectivity index (χ0) is 14.6. The number of methoxy groups -OCH3 is 1. The van der Waals surface area contributed by atoms with Gasteiger partial charge in [0.15, 0.2) is 5.78 Å². The van der Waals surface area contributed by atoms with Gasteiger partial charge in [-0.1, -0.05) is 6.07 Å². The van der Waals surface area contributed by atoms with Crippen LogP contribution in [0.1, 0.15) is 21.5 Å². The van der Waals surface area contributed by atoms with Gasteiger partial charge in [-0.3, -0.25) is 14.8 Å². The van der Waals surface area contributed by atoms with E-state index in [0.29, 0.717) is 11.1 Å². The molecular weight excluding hydrogens is 264 g/mol. The number of ketones is 1. The summed E-state index contributed by atoms with van der Waals surface area (Å²) >= 11 is 0. The van der Waals surface area contributed by atoms with E-state index in [-0.39, 0.29) is 5.78 Å². The smallest absolute Gasteiger partial charge is 0.195 e. The maximum Gasteiger partial charge on any atom is 0.195 e. The van der Waals surface area contributed by atoms with E-state index in [1.807, 2.05) is 19.1 Å². The zero-order valence-corrected chi connectivity index (χ0v) is 11.7. The Hall–Kier alpha value is -2.75. The molecule has 102 valence electrons. The fraction of sp³-hybridized carbons (Fsp3) is 0.118. The highest BCUT2D eigenvalue weighted by atomic mass is 16.5. The molecule has 2 heterocycles. The molecule has 4 nitrogen and oxygen atoms in total. The van der Waals surface area contributed by atoms with Gasteiger partial charge in [-0.2, -0.15) is 0 Å². The van der Waals surface area contributed by atoms with Crippen molar-refractivity contribution >= 4 is 16.7 Å². The van der Waals surface area contributed by atoms with Gasteiger partial charge in [0, 0.05) is 40.8 Å². The normalized spacial score (nSPS) is 12.4. The molecule has 0 unspecified atom stereocenters. The van der Waals surface area contributed by atoms with Gasteiger partial charge in [0.25, 0.3) is 0 Å². The summed E-state index contributed by atoms with van der Waals surface area (Å²) in [6.07, 6.45) is 5.04. The van der Waals surface area contributed by atoms with Gasteiger partial charge >= 0.3 is 0 Å². The van der Waals surface area contributed by atoms with Crippen molar-refractivity contribution in [3.05, 3.63) is 53.5 Å². The van der Waals surface area contributed by atoms with Crippen LogP contribution in [0.2, 0.25) is 0 Å². The van der Waals surface area contributed by atoms with E-state index in [0.717, 1.165) is 33.3 Å². The van der Waals surface area contributed by atoms with E-state index in [4.69, 9.17) is 4.74 Å². The Bertz CT molecular complexity index is 916. The largest absolute Gasteiger partial charge is 0.496 e. The molecule has 4 rings (SSSR count). The molecule has 0 spiro atoms. The van der Waals surface area contributed by atoms with Gasteiger partial charge in [0.1, 0.15) is 5.75 Å². The van der Waals surface area contributed by atoms with Crippen LogP contribution in [0.15, 0.2) is 36.8 Å². The molecule has 3 aromatic rings. The number of carbonyl (C=O) groups is 1. The molecule has 0 bridgehead atoms. The second-order valence-corrected chi connectivity index (χ2v) is 5.11. The average Bonchev–Trinajstić information content (AvgIpc) is 2.82. The molecule has 0 aliphatic heterocycles. The summed E-state index contributed by atoms with van der Waals surface area (Å²) in [6.45, 7) is 2.00. The number of rotatable bonds is 1.